The van der Waals surface area contributed by atoms with Crippen LogP contribution in [0.3, 0.4) is 0 Å². The topological polar surface area (TPSA) is 20.2 Å². The highest BCUT2D eigenvalue weighted by Crippen LogP contribution is 2.35. The molecule has 1 saturated carbocycles. The molecular formula is C12H13F3O. The summed E-state index contributed by atoms with van der Waals surface area (Å²) >= 11 is 0. The Bertz CT molecular complexity index is 392. The molecule has 1 nitrogen and oxygen atoms in total. The molecule has 88 valence electrons. The third-order valence-electron chi connectivity index (χ3n) is 3.19. The highest BCUT2D eigenvalue weighted by Gasteiger charge is 2.28. The highest BCUT2D eigenvalue weighted by atomic mass is 19.2. The summed E-state index contributed by atoms with van der Waals surface area (Å²) < 4.78 is 39.3. The second kappa shape index (κ2) is 4.45. The van der Waals surface area contributed by atoms with Crippen LogP contribution < -0.4 is 0 Å². The van der Waals surface area contributed by atoms with Crippen molar-refractivity contribution in [2.45, 2.75) is 37.7 Å². The fourth-order valence-corrected chi connectivity index (χ4v) is 2.30. The molecule has 2 atom stereocenters. The molecule has 0 saturated heterocycles. The Labute approximate surface area is 91.9 Å². The standard InChI is InChI=1S/C12H13F3O/c13-9-6-5-8(11(14)12(9)15)7-3-1-2-4-10(7)16/h5-7,10,16H,1-4H2. The zero-order valence-electron chi connectivity index (χ0n) is 8.72. The fourth-order valence-electron chi connectivity index (χ4n) is 2.30. The number of aliphatic hydroxyl groups is 1. The van der Waals surface area contributed by atoms with Gasteiger partial charge in [0.1, 0.15) is 0 Å². The minimum Gasteiger partial charge on any atom is -0.392 e. The van der Waals surface area contributed by atoms with Crippen LogP contribution in [-0.4, -0.2) is 11.2 Å². The molecule has 0 aliphatic heterocycles. The minimum atomic E-state index is -1.45. The fraction of sp³-hybridized carbons (Fsp3) is 0.500. The first kappa shape index (κ1) is 11.5. The Kier molecular flexibility index (Phi) is 3.19. The monoisotopic (exact) mass is 230 g/mol. The van der Waals surface area contributed by atoms with Crippen molar-refractivity contribution in [3.63, 3.8) is 0 Å². The van der Waals surface area contributed by atoms with E-state index in [9.17, 15) is 18.3 Å². The van der Waals surface area contributed by atoms with Gasteiger partial charge >= 0.3 is 0 Å². The molecule has 1 aromatic carbocycles. The van der Waals surface area contributed by atoms with Crippen LogP contribution in [-0.2, 0) is 0 Å². The number of rotatable bonds is 1. The van der Waals surface area contributed by atoms with E-state index in [1.54, 1.807) is 0 Å². The summed E-state index contributed by atoms with van der Waals surface area (Å²) in [5.74, 6) is -4.21. The molecule has 4 heteroatoms. The van der Waals surface area contributed by atoms with Crippen molar-refractivity contribution in [3.05, 3.63) is 35.1 Å². The summed E-state index contributed by atoms with van der Waals surface area (Å²) in [7, 11) is 0. The maximum atomic E-state index is 13.5. The molecule has 0 amide bonds. The van der Waals surface area contributed by atoms with Crippen molar-refractivity contribution in [2.24, 2.45) is 0 Å². The number of hydrogen-bond acceptors (Lipinski definition) is 1. The average Bonchev–Trinajstić information content (AvgIpc) is 2.28. The van der Waals surface area contributed by atoms with Crippen molar-refractivity contribution in [3.8, 4) is 0 Å². The van der Waals surface area contributed by atoms with Crippen molar-refractivity contribution in [1.29, 1.82) is 0 Å². The number of benzene rings is 1. The Balaban J connectivity index is 2.36. The molecular weight excluding hydrogens is 217 g/mol. The summed E-state index contributed by atoms with van der Waals surface area (Å²) in [6.07, 6.45) is 2.31. The molecule has 16 heavy (non-hydrogen) atoms. The number of halogens is 3. The van der Waals surface area contributed by atoms with E-state index in [4.69, 9.17) is 0 Å². The summed E-state index contributed by atoms with van der Waals surface area (Å²) in [6, 6.07) is 2.14. The van der Waals surface area contributed by atoms with Crippen molar-refractivity contribution >= 4 is 0 Å². The third kappa shape index (κ3) is 1.94. The maximum absolute atomic E-state index is 13.5. The molecule has 0 aromatic heterocycles. The molecule has 0 bridgehead atoms. The van der Waals surface area contributed by atoms with E-state index in [0.717, 1.165) is 18.9 Å². The first-order valence-corrected chi connectivity index (χ1v) is 5.42. The summed E-state index contributed by atoms with van der Waals surface area (Å²) in [4.78, 5) is 0. The van der Waals surface area contributed by atoms with Gasteiger partial charge in [-0.15, -0.1) is 0 Å². The normalized spacial score (nSPS) is 25.8. The Morgan fingerprint density at radius 1 is 1.00 bits per heavy atom. The molecule has 1 aromatic rings. The van der Waals surface area contributed by atoms with Crippen LogP contribution in [0.5, 0.6) is 0 Å². The van der Waals surface area contributed by atoms with E-state index in [0.29, 0.717) is 12.8 Å². The van der Waals surface area contributed by atoms with Gasteiger partial charge in [-0.05, 0) is 24.5 Å². The van der Waals surface area contributed by atoms with Gasteiger partial charge in [-0.3, -0.25) is 0 Å². The zero-order chi connectivity index (χ0) is 11.7. The Morgan fingerprint density at radius 2 is 1.69 bits per heavy atom. The lowest BCUT2D eigenvalue weighted by molar-refractivity contribution is 0.104. The molecule has 2 unspecified atom stereocenters. The van der Waals surface area contributed by atoms with E-state index in [1.807, 2.05) is 0 Å². The lowest BCUT2D eigenvalue weighted by Gasteiger charge is -2.28. The number of hydrogen-bond donors (Lipinski definition) is 1. The summed E-state index contributed by atoms with van der Waals surface area (Å²) in [6.45, 7) is 0. The minimum absolute atomic E-state index is 0.0890. The van der Waals surface area contributed by atoms with Crippen LogP contribution >= 0.6 is 0 Å². The second-order valence-electron chi connectivity index (χ2n) is 4.22. The van der Waals surface area contributed by atoms with E-state index in [-0.39, 0.29) is 5.56 Å². The molecule has 1 aliphatic carbocycles. The number of aliphatic hydroxyl groups excluding tert-OH is 1. The van der Waals surface area contributed by atoms with Crippen molar-refractivity contribution in [1.82, 2.24) is 0 Å². The highest BCUT2D eigenvalue weighted by molar-refractivity contribution is 5.25. The van der Waals surface area contributed by atoms with Gasteiger partial charge < -0.3 is 5.11 Å². The first-order valence-electron chi connectivity index (χ1n) is 5.42. The predicted molar refractivity (Wildman–Crippen MR) is 53.5 cm³/mol. The van der Waals surface area contributed by atoms with Gasteiger partial charge in [-0.25, -0.2) is 13.2 Å². The average molecular weight is 230 g/mol. The summed E-state index contributed by atoms with van der Waals surface area (Å²) in [5.41, 5.74) is 0.0890. The Hall–Kier alpha value is -1.03. The molecule has 1 fully saturated rings. The van der Waals surface area contributed by atoms with Gasteiger partial charge in [-0.2, -0.15) is 0 Å². The van der Waals surface area contributed by atoms with Crippen LogP contribution in [0.15, 0.2) is 12.1 Å². The van der Waals surface area contributed by atoms with Gasteiger partial charge in [0.15, 0.2) is 17.5 Å². The van der Waals surface area contributed by atoms with E-state index in [2.05, 4.69) is 0 Å². The van der Waals surface area contributed by atoms with Crippen LogP contribution in [0, 0.1) is 17.5 Å². The van der Waals surface area contributed by atoms with E-state index in [1.165, 1.54) is 6.07 Å². The SMILES string of the molecule is OC1CCCCC1c1ccc(F)c(F)c1F. The molecule has 0 heterocycles. The third-order valence-corrected chi connectivity index (χ3v) is 3.19. The quantitative estimate of drug-likeness (QED) is 0.735. The van der Waals surface area contributed by atoms with Gasteiger partial charge in [0.05, 0.1) is 6.10 Å². The van der Waals surface area contributed by atoms with Gasteiger partial charge in [0, 0.05) is 5.92 Å². The molecule has 0 spiro atoms. The maximum Gasteiger partial charge on any atom is 0.194 e. The smallest absolute Gasteiger partial charge is 0.194 e. The molecule has 1 aliphatic rings. The van der Waals surface area contributed by atoms with Crippen molar-refractivity contribution in [2.75, 3.05) is 0 Å². The van der Waals surface area contributed by atoms with Gasteiger partial charge in [-0.1, -0.05) is 18.9 Å². The second-order valence-corrected chi connectivity index (χ2v) is 4.22. The van der Waals surface area contributed by atoms with Crippen molar-refractivity contribution < 1.29 is 18.3 Å². The van der Waals surface area contributed by atoms with Gasteiger partial charge in [0.25, 0.3) is 0 Å². The largest absolute Gasteiger partial charge is 0.392 e. The molecule has 2 rings (SSSR count). The summed E-state index contributed by atoms with van der Waals surface area (Å²) in [5, 5.41) is 9.72. The molecule has 1 N–H and O–H groups in total. The predicted octanol–water partition coefficient (Wildman–Crippen LogP) is 3.12. The lowest BCUT2D eigenvalue weighted by Crippen LogP contribution is -2.23. The Morgan fingerprint density at radius 3 is 2.38 bits per heavy atom. The van der Waals surface area contributed by atoms with Crippen LogP contribution in [0.1, 0.15) is 37.2 Å². The lowest BCUT2D eigenvalue weighted by atomic mass is 9.81. The van der Waals surface area contributed by atoms with E-state index >= 15 is 0 Å². The van der Waals surface area contributed by atoms with Crippen LogP contribution in [0.25, 0.3) is 0 Å². The van der Waals surface area contributed by atoms with E-state index < -0.39 is 29.5 Å². The first-order chi connectivity index (χ1) is 7.61. The zero-order valence-corrected chi connectivity index (χ0v) is 8.72. The van der Waals surface area contributed by atoms with Gasteiger partial charge in [0.2, 0.25) is 0 Å². The molecule has 0 radical (unpaired) electrons. The van der Waals surface area contributed by atoms with Crippen LogP contribution in [0.2, 0.25) is 0 Å². The van der Waals surface area contributed by atoms with Crippen LogP contribution in [0.4, 0.5) is 13.2 Å².